The quantitative estimate of drug-likeness (QED) is 0.848. The third kappa shape index (κ3) is 3.95. The lowest BCUT2D eigenvalue weighted by Gasteiger charge is -2.36. The van der Waals surface area contributed by atoms with E-state index in [0.717, 1.165) is 38.4 Å². The number of nitrogens with one attached hydrogen (secondary N) is 1. The Hall–Kier alpha value is -0.570. The van der Waals surface area contributed by atoms with Gasteiger partial charge in [-0.1, -0.05) is 26.2 Å². The third-order valence-corrected chi connectivity index (χ3v) is 5.15. The van der Waals surface area contributed by atoms with Gasteiger partial charge in [0.1, 0.15) is 0 Å². The van der Waals surface area contributed by atoms with E-state index in [1.54, 1.807) is 0 Å². The van der Waals surface area contributed by atoms with Gasteiger partial charge in [0.15, 0.2) is 0 Å². The number of rotatable bonds is 4. The normalized spacial score (nSPS) is 24.1. The summed E-state index contributed by atoms with van der Waals surface area (Å²) in [4.78, 5) is 14.6. The second kappa shape index (κ2) is 6.74. The van der Waals surface area contributed by atoms with Gasteiger partial charge in [-0.2, -0.15) is 0 Å². The molecule has 19 heavy (non-hydrogen) atoms. The van der Waals surface area contributed by atoms with E-state index in [-0.39, 0.29) is 5.41 Å². The van der Waals surface area contributed by atoms with Crippen molar-refractivity contribution in [1.29, 1.82) is 0 Å². The monoisotopic (exact) mass is 266 g/mol. The Morgan fingerprint density at radius 3 is 2.47 bits per heavy atom. The van der Waals surface area contributed by atoms with Gasteiger partial charge < -0.3 is 10.2 Å². The summed E-state index contributed by atoms with van der Waals surface area (Å²) in [6.45, 7) is 5.43. The average Bonchev–Trinajstić information content (AvgIpc) is 2.46. The van der Waals surface area contributed by atoms with E-state index in [4.69, 9.17) is 0 Å². The Balaban J connectivity index is 1.78. The Morgan fingerprint density at radius 1 is 1.21 bits per heavy atom. The molecule has 1 aliphatic carbocycles. The number of nitrogens with zero attached hydrogens (tertiary/aromatic N) is 1. The van der Waals surface area contributed by atoms with Crippen LogP contribution in [-0.2, 0) is 4.79 Å². The number of carbonyl (C=O) groups is 1. The van der Waals surface area contributed by atoms with E-state index in [9.17, 15) is 4.79 Å². The SMILES string of the molecule is CN(CCC1CCNCC1)C(=O)C1(C)CCCCC1. The zero-order valence-electron chi connectivity index (χ0n) is 12.7. The Labute approximate surface area is 118 Å². The molecule has 1 N–H and O–H groups in total. The lowest BCUT2D eigenvalue weighted by atomic mass is 9.74. The van der Waals surface area contributed by atoms with E-state index >= 15 is 0 Å². The van der Waals surface area contributed by atoms with Crippen molar-refractivity contribution >= 4 is 5.91 Å². The average molecular weight is 266 g/mol. The van der Waals surface area contributed by atoms with Crippen LogP contribution < -0.4 is 5.32 Å². The first kappa shape index (κ1) is 14.8. The van der Waals surface area contributed by atoms with Crippen molar-refractivity contribution in [3.05, 3.63) is 0 Å². The lowest BCUT2D eigenvalue weighted by molar-refractivity contribution is -0.141. The molecule has 0 radical (unpaired) electrons. The van der Waals surface area contributed by atoms with Crippen molar-refractivity contribution in [2.24, 2.45) is 11.3 Å². The minimum Gasteiger partial charge on any atom is -0.345 e. The first-order valence-corrected chi connectivity index (χ1v) is 8.08. The predicted octanol–water partition coefficient (Wildman–Crippen LogP) is 2.80. The first-order valence-electron chi connectivity index (χ1n) is 8.08. The van der Waals surface area contributed by atoms with Crippen LogP contribution in [0.3, 0.4) is 0 Å². The molecule has 3 nitrogen and oxygen atoms in total. The predicted molar refractivity (Wildman–Crippen MR) is 79.0 cm³/mol. The largest absolute Gasteiger partial charge is 0.345 e. The minimum absolute atomic E-state index is 0.0683. The number of carbonyl (C=O) groups excluding carboxylic acids is 1. The van der Waals surface area contributed by atoms with Gasteiger partial charge in [-0.15, -0.1) is 0 Å². The molecule has 0 bridgehead atoms. The molecule has 0 aromatic heterocycles. The van der Waals surface area contributed by atoms with Crippen LogP contribution in [0.5, 0.6) is 0 Å². The molecule has 1 heterocycles. The molecule has 2 fully saturated rings. The summed E-state index contributed by atoms with van der Waals surface area (Å²) in [6, 6.07) is 0. The van der Waals surface area contributed by atoms with Crippen LogP contribution in [0, 0.1) is 11.3 Å². The van der Waals surface area contributed by atoms with Crippen molar-refractivity contribution in [3.63, 3.8) is 0 Å². The zero-order chi connectivity index (χ0) is 13.7. The summed E-state index contributed by atoms with van der Waals surface area (Å²) in [5.41, 5.74) is -0.0683. The Morgan fingerprint density at radius 2 is 1.84 bits per heavy atom. The highest BCUT2D eigenvalue weighted by atomic mass is 16.2. The molecule has 110 valence electrons. The summed E-state index contributed by atoms with van der Waals surface area (Å²) in [6.07, 6.45) is 9.67. The van der Waals surface area contributed by atoms with E-state index in [0.29, 0.717) is 5.91 Å². The Kier molecular flexibility index (Phi) is 5.26. The summed E-state index contributed by atoms with van der Waals surface area (Å²) in [5.74, 6) is 1.21. The van der Waals surface area contributed by atoms with E-state index in [1.807, 2.05) is 11.9 Å². The van der Waals surface area contributed by atoms with E-state index in [2.05, 4.69) is 12.2 Å². The van der Waals surface area contributed by atoms with E-state index in [1.165, 1.54) is 38.5 Å². The van der Waals surface area contributed by atoms with Gasteiger partial charge in [-0.25, -0.2) is 0 Å². The van der Waals surface area contributed by atoms with Gasteiger partial charge in [0.05, 0.1) is 0 Å². The van der Waals surface area contributed by atoms with E-state index < -0.39 is 0 Å². The molecule has 0 spiro atoms. The topological polar surface area (TPSA) is 32.3 Å². The molecule has 3 heteroatoms. The van der Waals surface area contributed by atoms with Crippen molar-refractivity contribution in [2.75, 3.05) is 26.7 Å². The molecule has 1 amide bonds. The molecule has 1 saturated heterocycles. The molecule has 1 aliphatic heterocycles. The van der Waals surface area contributed by atoms with Crippen LogP contribution in [0.4, 0.5) is 0 Å². The van der Waals surface area contributed by atoms with Crippen LogP contribution in [0.2, 0.25) is 0 Å². The van der Waals surface area contributed by atoms with Crippen LogP contribution in [-0.4, -0.2) is 37.5 Å². The standard InChI is InChI=1S/C16H30N2O/c1-16(9-4-3-5-10-16)15(19)18(2)13-8-14-6-11-17-12-7-14/h14,17H,3-13H2,1-2H3. The first-order chi connectivity index (χ1) is 9.12. The summed E-state index contributed by atoms with van der Waals surface area (Å²) in [5, 5.41) is 3.40. The summed E-state index contributed by atoms with van der Waals surface area (Å²) < 4.78 is 0. The van der Waals surface area contributed by atoms with Gasteiger partial charge in [-0.05, 0) is 51.1 Å². The number of piperidine rings is 1. The second-order valence-corrected chi connectivity index (χ2v) is 6.83. The van der Waals surface area contributed by atoms with Gasteiger partial charge in [0, 0.05) is 19.0 Å². The smallest absolute Gasteiger partial charge is 0.228 e. The summed E-state index contributed by atoms with van der Waals surface area (Å²) >= 11 is 0. The second-order valence-electron chi connectivity index (χ2n) is 6.83. The molecular weight excluding hydrogens is 236 g/mol. The fourth-order valence-corrected chi connectivity index (χ4v) is 3.65. The molecular formula is C16H30N2O. The highest BCUT2D eigenvalue weighted by Crippen LogP contribution is 2.37. The third-order valence-electron chi connectivity index (χ3n) is 5.15. The van der Waals surface area contributed by atoms with Gasteiger partial charge in [0.2, 0.25) is 5.91 Å². The maximum atomic E-state index is 12.6. The van der Waals surface area contributed by atoms with Crippen LogP contribution >= 0.6 is 0 Å². The molecule has 0 aromatic rings. The molecule has 1 saturated carbocycles. The number of hydrogen-bond donors (Lipinski definition) is 1. The maximum Gasteiger partial charge on any atom is 0.228 e. The van der Waals surface area contributed by atoms with Crippen molar-refractivity contribution in [3.8, 4) is 0 Å². The van der Waals surface area contributed by atoms with Crippen molar-refractivity contribution < 1.29 is 4.79 Å². The lowest BCUT2D eigenvalue weighted by Crippen LogP contribution is -2.42. The fourth-order valence-electron chi connectivity index (χ4n) is 3.65. The number of hydrogen-bond acceptors (Lipinski definition) is 2. The van der Waals surface area contributed by atoms with Crippen LogP contribution in [0.25, 0.3) is 0 Å². The highest BCUT2D eigenvalue weighted by Gasteiger charge is 2.36. The minimum atomic E-state index is -0.0683. The molecule has 0 aromatic carbocycles. The van der Waals surface area contributed by atoms with Gasteiger partial charge in [0.25, 0.3) is 0 Å². The maximum absolute atomic E-state index is 12.6. The van der Waals surface area contributed by atoms with Crippen molar-refractivity contribution in [1.82, 2.24) is 10.2 Å². The van der Waals surface area contributed by atoms with Crippen LogP contribution in [0.15, 0.2) is 0 Å². The Bertz CT molecular complexity index is 291. The fraction of sp³-hybridized carbons (Fsp3) is 0.938. The van der Waals surface area contributed by atoms with Crippen molar-refractivity contribution in [2.45, 2.75) is 58.3 Å². The molecule has 2 rings (SSSR count). The molecule has 0 atom stereocenters. The van der Waals surface area contributed by atoms with Gasteiger partial charge >= 0.3 is 0 Å². The van der Waals surface area contributed by atoms with Gasteiger partial charge in [-0.3, -0.25) is 4.79 Å². The summed E-state index contributed by atoms with van der Waals surface area (Å²) in [7, 11) is 2.00. The zero-order valence-corrected chi connectivity index (χ0v) is 12.7. The van der Waals surface area contributed by atoms with Crippen LogP contribution in [0.1, 0.15) is 58.3 Å². The highest BCUT2D eigenvalue weighted by molar-refractivity contribution is 5.82. The molecule has 0 unspecified atom stereocenters. The molecule has 2 aliphatic rings. The number of amides is 1.